The molecule has 84 valence electrons. The van der Waals surface area contributed by atoms with Crippen LogP contribution in [0.15, 0.2) is 0 Å². The quantitative estimate of drug-likeness (QED) is 0.727. The Balaban J connectivity index is 2.20. The summed E-state index contributed by atoms with van der Waals surface area (Å²) in [6.45, 7) is 7.48. The van der Waals surface area contributed by atoms with Crippen molar-refractivity contribution in [3.63, 3.8) is 0 Å². The summed E-state index contributed by atoms with van der Waals surface area (Å²) >= 11 is 0. The normalized spacial score (nSPS) is 35.6. The molecule has 2 heteroatoms. The Kier molecular flexibility index (Phi) is 4.90. The molecule has 4 atom stereocenters. The molecule has 1 aliphatic rings. The van der Waals surface area contributed by atoms with Crippen molar-refractivity contribution >= 4 is 0 Å². The first-order chi connectivity index (χ1) is 6.63. The number of nitrogens with one attached hydrogen (secondary N) is 1. The van der Waals surface area contributed by atoms with Crippen LogP contribution in [0.1, 0.15) is 46.5 Å². The number of hydrogen-bond acceptors (Lipinski definition) is 2. The maximum Gasteiger partial charge on any atom is 0.0662 e. The van der Waals surface area contributed by atoms with E-state index < -0.39 is 0 Å². The summed E-state index contributed by atoms with van der Waals surface area (Å²) < 4.78 is 0. The molecule has 1 saturated carbocycles. The van der Waals surface area contributed by atoms with Gasteiger partial charge < -0.3 is 10.4 Å². The molecular weight excluding hydrogens is 174 g/mol. The lowest BCUT2D eigenvalue weighted by Gasteiger charge is -2.33. The first-order valence-electron chi connectivity index (χ1n) is 6.05. The Morgan fingerprint density at radius 3 is 2.57 bits per heavy atom. The highest BCUT2D eigenvalue weighted by molar-refractivity contribution is 4.80. The predicted molar refractivity (Wildman–Crippen MR) is 60.3 cm³/mol. The molecule has 2 nitrogen and oxygen atoms in total. The van der Waals surface area contributed by atoms with E-state index in [2.05, 4.69) is 19.2 Å². The highest BCUT2D eigenvalue weighted by atomic mass is 16.3. The topological polar surface area (TPSA) is 32.3 Å². The maximum absolute atomic E-state index is 9.44. The average molecular weight is 199 g/mol. The number of aliphatic hydroxyl groups is 1. The van der Waals surface area contributed by atoms with Crippen LogP contribution < -0.4 is 5.32 Å². The molecule has 0 aromatic heterocycles. The monoisotopic (exact) mass is 199 g/mol. The fraction of sp³-hybridized carbons (Fsp3) is 1.00. The molecule has 0 bridgehead atoms. The lowest BCUT2D eigenvalue weighted by atomic mass is 9.79. The Bertz CT molecular complexity index is 160. The summed E-state index contributed by atoms with van der Waals surface area (Å²) in [5.74, 6) is 1.71. The van der Waals surface area contributed by atoms with Crippen LogP contribution in [0.4, 0.5) is 0 Å². The van der Waals surface area contributed by atoms with E-state index in [1.807, 2.05) is 6.92 Å². The molecule has 0 aliphatic heterocycles. The van der Waals surface area contributed by atoms with Crippen molar-refractivity contribution in [3.05, 3.63) is 0 Å². The molecule has 0 amide bonds. The van der Waals surface area contributed by atoms with Crippen LogP contribution in [-0.4, -0.2) is 23.8 Å². The Morgan fingerprint density at radius 2 is 2.00 bits per heavy atom. The lowest BCUT2D eigenvalue weighted by Crippen LogP contribution is -2.39. The Hall–Kier alpha value is -0.0800. The van der Waals surface area contributed by atoms with Gasteiger partial charge in [0.1, 0.15) is 0 Å². The summed E-state index contributed by atoms with van der Waals surface area (Å²) in [6, 6.07) is 0.641. The molecular formula is C12H25NO. The average Bonchev–Trinajstić information content (AvgIpc) is 2.19. The molecule has 1 aliphatic carbocycles. The second-order valence-electron chi connectivity index (χ2n) is 4.93. The molecule has 0 aromatic carbocycles. The molecule has 14 heavy (non-hydrogen) atoms. The summed E-state index contributed by atoms with van der Waals surface area (Å²) in [5, 5.41) is 12.9. The van der Waals surface area contributed by atoms with Gasteiger partial charge in [-0.2, -0.15) is 0 Å². The van der Waals surface area contributed by atoms with E-state index in [0.29, 0.717) is 6.04 Å². The highest BCUT2D eigenvalue weighted by Crippen LogP contribution is 2.29. The van der Waals surface area contributed by atoms with Gasteiger partial charge in [-0.05, 0) is 37.5 Å². The van der Waals surface area contributed by atoms with Crippen molar-refractivity contribution in [1.29, 1.82) is 0 Å². The smallest absolute Gasteiger partial charge is 0.0662 e. The third-order valence-corrected chi connectivity index (χ3v) is 3.71. The summed E-state index contributed by atoms with van der Waals surface area (Å²) in [4.78, 5) is 0. The van der Waals surface area contributed by atoms with E-state index in [4.69, 9.17) is 0 Å². The number of rotatable bonds is 4. The first kappa shape index (κ1) is 12.0. The van der Waals surface area contributed by atoms with Gasteiger partial charge in [-0.1, -0.05) is 20.8 Å². The predicted octanol–water partition coefficient (Wildman–Crippen LogP) is 2.17. The van der Waals surface area contributed by atoms with Crippen LogP contribution in [0.5, 0.6) is 0 Å². The van der Waals surface area contributed by atoms with Crippen molar-refractivity contribution in [1.82, 2.24) is 5.32 Å². The standard InChI is InChI=1S/C12H25NO/c1-4-12(14)8-13-11-6-5-9(2)10(3)7-11/h9-14H,4-8H2,1-3H3. The van der Waals surface area contributed by atoms with Gasteiger partial charge in [-0.15, -0.1) is 0 Å². The zero-order chi connectivity index (χ0) is 10.6. The molecule has 0 aromatic rings. The minimum Gasteiger partial charge on any atom is -0.392 e. The second-order valence-corrected chi connectivity index (χ2v) is 4.93. The number of hydrogen-bond donors (Lipinski definition) is 2. The van der Waals surface area contributed by atoms with E-state index in [0.717, 1.165) is 24.8 Å². The van der Waals surface area contributed by atoms with Gasteiger partial charge in [0.15, 0.2) is 0 Å². The third kappa shape index (κ3) is 3.58. The van der Waals surface area contributed by atoms with Gasteiger partial charge in [-0.3, -0.25) is 0 Å². The molecule has 0 heterocycles. The SMILES string of the molecule is CCC(O)CNC1CCC(C)C(C)C1. The van der Waals surface area contributed by atoms with Crippen LogP contribution in [0.25, 0.3) is 0 Å². The molecule has 2 N–H and O–H groups in total. The second kappa shape index (κ2) is 5.72. The minimum absolute atomic E-state index is 0.162. The maximum atomic E-state index is 9.44. The summed E-state index contributed by atoms with van der Waals surface area (Å²) in [6.07, 6.45) is 4.58. The van der Waals surface area contributed by atoms with Crippen LogP contribution >= 0.6 is 0 Å². The Labute approximate surface area is 88.1 Å². The molecule has 1 rings (SSSR count). The highest BCUT2D eigenvalue weighted by Gasteiger charge is 2.24. The van der Waals surface area contributed by atoms with Gasteiger partial charge in [0, 0.05) is 12.6 Å². The first-order valence-corrected chi connectivity index (χ1v) is 6.05. The van der Waals surface area contributed by atoms with E-state index in [9.17, 15) is 5.11 Å². The largest absolute Gasteiger partial charge is 0.392 e. The van der Waals surface area contributed by atoms with E-state index in [1.165, 1.54) is 19.3 Å². The molecule has 0 spiro atoms. The third-order valence-electron chi connectivity index (χ3n) is 3.71. The summed E-state index contributed by atoms with van der Waals surface area (Å²) in [5.41, 5.74) is 0. The van der Waals surface area contributed by atoms with Crippen molar-refractivity contribution in [2.24, 2.45) is 11.8 Å². The zero-order valence-corrected chi connectivity index (χ0v) is 9.79. The van der Waals surface area contributed by atoms with Crippen molar-refractivity contribution < 1.29 is 5.11 Å². The minimum atomic E-state index is -0.162. The molecule has 0 saturated heterocycles. The van der Waals surface area contributed by atoms with Crippen molar-refractivity contribution in [2.45, 2.75) is 58.6 Å². The Morgan fingerprint density at radius 1 is 1.29 bits per heavy atom. The van der Waals surface area contributed by atoms with Gasteiger partial charge in [-0.25, -0.2) is 0 Å². The lowest BCUT2D eigenvalue weighted by molar-refractivity contribution is 0.149. The van der Waals surface area contributed by atoms with Gasteiger partial charge in [0.25, 0.3) is 0 Å². The van der Waals surface area contributed by atoms with E-state index in [1.54, 1.807) is 0 Å². The molecule has 4 unspecified atom stereocenters. The van der Waals surface area contributed by atoms with Gasteiger partial charge in [0.2, 0.25) is 0 Å². The van der Waals surface area contributed by atoms with Crippen LogP contribution in [0, 0.1) is 11.8 Å². The van der Waals surface area contributed by atoms with Crippen LogP contribution in [-0.2, 0) is 0 Å². The van der Waals surface area contributed by atoms with Gasteiger partial charge >= 0.3 is 0 Å². The zero-order valence-electron chi connectivity index (χ0n) is 9.79. The van der Waals surface area contributed by atoms with E-state index >= 15 is 0 Å². The van der Waals surface area contributed by atoms with E-state index in [-0.39, 0.29) is 6.10 Å². The molecule has 1 fully saturated rings. The summed E-state index contributed by atoms with van der Waals surface area (Å²) in [7, 11) is 0. The van der Waals surface area contributed by atoms with Crippen LogP contribution in [0.3, 0.4) is 0 Å². The fourth-order valence-corrected chi connectivity index (χ4v) is 2.18. The molecule has 0 radical (unpaired) electrons. The van der Waals surface area contributed by atoms with Crippen molar-refractivity contribution in [3.8, 4) is 0 Å². The van der Waals surface area contributed by atoms with Crippen LogP contribution in [0.2, 0.25) is 0 Å². The fourth-order valence-electron chi connectivity index (χ4n) is 2.18. The number of aliphatic hydroxyl groups excluding tert-OH is 1. The van der Waals surface area contributed by atoms with Crippen molar-refractivity contribution in [2.75, 3.05) is 6.54 Å². The van der Waals surface area contributed by atoms with Gasteiger partial charge in [0.05, 0.1) is 6.10 Å².